The number of nitrogens with zero attached hydrogens (tertiary/aromatic N) is 3. The van der Waals surface area contributed by atoms with Crippen molar-refractivity contribution in [2.24, 2.45) is 7.05 Å². The van der Waals surface area contributed by atoms with Gasteiger partial charge in [0.25, 0.3) is 5.56 Å². The molecule has 4 rings (SSSR count). The Morgan fingerprint density at radius 2 is 2.00 bits per heavy atom. The summed E-state index contributed by atoms with van der Waals surface area (Å²) in [6, 6.07) is 4.63. The van der Waals surface area contributed by atoms with Gasteiger partial charge in [-0.15, -0.1) is 0 Å². The summed E-state index contributed by atoms with van der Waals surface area (Å²) < 4.78 is 42.0. The first-order valence-electron chi connectivity index (χ1n) is 11.4. The highest BCUT2D eigenvalue weighted by molar-refractivity contribution is 5.89. The zero-order valence-electron chi connectivity index (χ0n) is 19.7. The monoisotopic (exact) mass is 488 g/mol. The summed E-state index contributed by atoms with van der Waals surface area (Å²) in [6.07, 6.45) is -1.42. The highest BCUT2D eigenvalue weighted by Crippen LogP contribution is 2.34. The van der Waals surface area contributed by atoms with Crippen LogP contribution in [-0.4, -0.2) is 33.5 Å². The number of amides is 1. The molecule has 1 saturated heterocycles. The number of carbonyl (C=O) groups excluding carboxylic acids is 1. The van der Waals surface area contributed by atoms with Gasteiger partial charge < -0.3 is 16.0 Å². The van der Waals surface area contributed by atoms with Crippen LogP contribution in [0.2, 0.25) is 0 Å². The van der Waals surface area contributed by atoms with Crippen LogP contribution in [0.5, 0.6) is 0 Å². The number of halogens is 3. The smallest absolute Gasteiger partial charge is 0.363 e. The molecular formula is C24H27F3N6O2. The molecule has 35 heavy (non-hydrogen) atoms. The Hall–Kier alpha value is -3.47. The van der Waals surface area contributed by atoms with Crippen LogP contribution in [0.3, 0.4) is 0 Å². The van der Waals surface area contributed by atoms with Gasteiger partial charge in [-0.2, -0.15) is 13.2 Å². The van der Waals surface area contributed by atoms with Gasteiger partial charge in [-0.1, -0.05) is 0 Å². The van der Waals surface area contributed by atoms with E-state index in [1.807, 2.05) is 0 Å². The van der Waals surface area contributed by atoms with E-state index in [2.05, 4.69) is 25.9 Å². The summed E-state index contributed by atoms with van der Waals surface area (Å²) in [5, 5.41) is 9.53. The lowest BCUT2D eigenvalue weighted by atomic mass is 9.92. The van der Waals surface area contributed by atoms with Crippen molar-refractivity contribution in [3.05, 3.63) is 57.6 Å². The van der Waals surface area contributed by atoms with Crippen molar-refractivity contribution in [3.63, 3.8) is 0 Å². The number of carbonyl (C=O) groups is 1. The highest BCUT2D eigenvalue weighted by atomic mass is 19.4. The van der Waals surface area contributed by atoms with E-state index in [1.165, 1.54) is 23.9 Å². The Morgan fingerprint density at radius 3 is 2.66 bits per heavy atom. The average Bonchev–Trinajstić information content (AvgIpc) is 2.81. The van der Waals surface area contributed by atoms with Gasteiger partial charge in [0, 0.05) is 37.7 Å². The largest absolute Gasteiger partial charge is 0.416 e. The fraction of sp³-hybridized carbons (Fsp3) is 0.417. The molecule has 3 N–H and O–H groups in total. The molecule has 186 valence electrons. The first-order chi connectivity index (χ1) is 16.5. The number of benzene rings is 1. The van der Waals surface area contributed by atoms with Gasteiger partial charge in [0.15, 0.2) is 0 Å². The van der Waals surface area contributed by atoms with Gasteiger partial charge in [0.2, 0.25) is 5.91 Å². The number of pyridine rings is 1. The second-order valence-corrected chi connectivity index (χ2v) is 8.86. The number of nitrogens with one attached hydrogen (secondary N) is 3. The predicted molar refractivity (Wildman–Crippen MR) is 127 cm³/mol. The SMILES string of the molecule is CC(=O)Nc1cc(C(C)Nc2ncnc3c2cc(C2CCCNC2)c(=O)n3C)cc(C(F)(F)F)c1. The molecule has 2 atom stereocenters. The first-order valence-corrected chi connectivity index (χ1v) is 11.4. The Balaban J connectivity index is 1.74. The third-order valence-electron chi connectivity index (χ3n) is 6.22. The summed E-state index contributed by atoms with van der Waals surface area (Å²) in [7, 11) is 1.65. The normalized spacial score (nSPS) is 17.3. The van der Waals surface area contributed by atoms with Crippen molar-refractivity contribution in [3.8, 4) is 0 Å². The number of anilines is 2. The summed E-state index contributed by atoms with van der Waals surface area (Å²) in [5.41, 5.74) is 0.464. The molecule has 2 unspecified atom stereocenters. The van der Waals surface area contributed by atoms with E-state index < -0.39 is 23.7 Å². The molecule has 8 nitrogen and oxygen atoms in total. The molecule has 0 bridgehead atoms. The molecule has 3 heterocycles. The molecule has 0 aliphatic carbocycles. The van der Waals surface area contributed by atoms with Crippen LogP contribution in [-0.2, 0) is 18.0 Å². The summed E-state index contributed by atoms with van der Waals surface area (Å²) in [5.74, 6) is -0.00838. The molecule has 3 aromatic rings. The average molecular weight is 489 g/mol. The van der Waals surface area contributed by atoms with Gasteiger partial charge in [0.1, 0.15) is 17.8 Å². The quantitative estimate of drug-likeness (QED) is 0.503. The minimum absolute atomic E-state index is 0.0537. The van der Waals surface area contributed by atoms with Gasteiger partial charge in [-0.25, -0.2) is 9.97 Å². The van der Waals surface area contributed by atoms with Crippen LogP contribution < -0.4 is 21.5 Å². The van der Waals surface area contributed by atoms with Gasteiger partial charge >= 0.3 is 6.18 Å². The lowest BCUT2D eigenvalue weighted by Crippen LogP contribution is -2.33. The minimum Gasteiger partial charge on any atom is -0.363 e. The predicted octanol–water partition coefficient (Wildman–Crippen LogP) is 3.95. The number of aromatic nitrogens is 3. The maximum Gasteiger partial charge on any atom is 0.416 e. The highest BCUT2D eigenvalue weighted by Gasteiger charge is 2.32. The third-order valence-corrected chi connectivity index (χ3v) is 6.22. The molecule has 1 aliphatic heterocycles. The maximum atomic E-state index is 13.5. The number of alkyl halides is 3. The van der Waals surface area contributed by atoms with E-state index in [9.17, 15) is 22.8 Å². The first kappa shape index (κ1) is 24.6. The molecule has 1 aromatic carbocycles. The zero-order valence-corrected chi connectivity index (χ0v) is 19.7. The molecule has 0 spiro atoms. The standard InChI is InChI=1S/C24H27F3N6O2/c1-13(16-7-17(24(25,26)27)9-18(8-16)32-14(2)34)31-21-20-10-19(15-5-4-6-28-11-15)23(35)33(3)22(20)30-12-29-21/h7-10,12-13,15,28H,4-6,11H2,1-3H3,(H,32,34)(H,29,30,31). The van der Waals surface area contributed by atoms with Crippen LogP contribution >= 0.6 is 0 Å². The summed E-state index contributed by atoms with van der Waals surface area (Å²) in [6.45, 7) is 4.55. The van der Waals surface area contributed by atoms with Crippen LogP contribution in [0.25, 0.3) is 11.0 Å². The number of fused-ring (bicyclic) bond motifs is 1. The Bertz CT molecular complexity index is 1320. The Labute approximate surface area is 200 Å². The summed E-state index contributed by atoms with van der Waals surface area (Å²) in [4.78, 5) is 33.1. The molecule has 2 aromatic heterocycles. The molecule has 0 saturated carbocycles. The van der Waals surface area contributed by atoms with Crippen molar-refractivity contribution in [1.29, 1.82) is 0 Å². The second kappa shape index (κ2) is 9.65. The van der Waals surface area contributed by atoms with Crippen molar-refractivity contribution < 1.29 is 18.0 Å². The number of rotatable bonds is 5. The zero-order chi connectivity index (χ0) is 25.3. The molecular weight excluding hydrogens is 461 g/mol. The van der Waals surface area contributed by atoms with Crippen LogP contribution in [0.15, 0.2) is 35.4 Å². The third kappa shape index (κ3) is 5.29. The minimum atomic E-state index is -4.58. The van der Waals surface area contributed by atoms with E-state index in [0.717, 1.165) is 31.5 Å². The topological polar surface area (TPSA) is 101 Å². The molecule has 0 radical (unpaired) electrons. The number of piperidine rings is 1. The van der Waals surface area contributed by atoms with E-state index in [-0.39, 0.29) is 17.2 Å². The second-order valence-electron chi connectivity index (χ2n) is 8.86. The summed E-state index contributed by atoms with van der Waals surface area (Å²) >= 11 is 0. The number of hydrogen-bond donors (Lipinski definition) is 3. The van der Waals surface area contributed by atoms with Crippen molar-refractivity contribution in [2.45, 2.75) is 44.8 Å². The Kier molecular flexibility index (Phi) is 6.79. The maximum absolute atomic E-state index is 13.5. The van der Waals surface area contributed by atoms with Gasteiger partial charge in [-0.05, 0) is 56.1 Å². The Morgan fingerprint density at radius 1 is 1.23 bits per heavy atom. The molecule has 1 aliphatic rings. The van der Waals surface area contributed by atoms with Crippen molar-refractivity contribution >= 4 is 28.4 Å². The fourth-order valence-corrected chi connectivity index (χ4v) is 4.45. The molecule has 1 fully saturated rings. The van der Waals surface area contributed by atoms with E-state index in [0.29, 0.717) is 34.5 Å². The molecule has 11 heteroatoms. The van der Waals surface area contributed by atoms with E-state index in [4.69, 9.17) is 0 Å². The van der Waals surface area contributed by atoms with Crippen LogP contribution in [0, 0.1) is 0 Å². The van der Waals surface area contributed by atoms with E-state index >= 15 is 0 Å². The fourth-order valence-electron chi connectivity index (χ4n) is 4.45. The lowest BCUT2D eigenvalue weighted by Gasteiger charge is -2.24. The number of hydrogen-bond acceptors (Lipinski definition) is 6. The van der Waals surface area contributed by atoms with Gasteiger partial charge in [-0.3, -0.25) is 14.2 Å². The number of aryl methyl sites for hydroxylation is 1. The van der Waals surface area contributed by atoms with Crippen molar-refractivity contribution in [1.82, 2.24) is 19.9 Å². The van der Waals surface area contributed by atoms with Gasteiger partial charge in [0.05, 0.1) is 17.0 Å². The van der Waals surface area contributed by atoms with Crippen LogP contribution in [0.4, 0.5) is 24.7 Å². The van der Waals surface area contributed by atoms with Crippen LogP contribution in [0.1, 0.15) is 55.3 Å². The lowest BCUT2D eigenvalue weighted by molar-refractivity contribution is -0.137. The molecule has 1 amide bonds. The van der Waals surface area contributed by atoms with Crippen molar-refractivity contribution in [2.75, 3.05) is 23.7 Å². The van der Waals surface area contributed by atoms with E-state index in [1.54, 1.807) is 20.0 Å².